The number of benzene rings is 1. The van der Waals surface area contributed by atoms with Gasteiger partial charge in [0.25, 0.3) is 0 Å². The van der Waals surface area contributed by atoms with E-state index in [0.29, 0.717) is 11.6 Å². The van der Waals surface area contributed by atoms with Crippen molar-refractivity contribution in [3.63, 3.8) is 0 Å². The first kappa shape index (κ1) is 11.5. The first-order valence-corrected chi connectivity index (χ1v) is 5.78. The van der Waals surface area contributed by atoms with Crippen LogP contribution in [0.2, 0.25) is 0 Å². The molecule has 86 valence electrons. The van der Waals surface area contributed by atoms with Crippen LogP contribution in [0, 0.1) is 11.3 Å². The molecule has 2 rings (SSSR count). The summed E-state index contributed by atoms with van der Waals surface area (Å²) in [5, 5.41) is 8.90. The molecule has 0 aromatic heterocycles. The normalized spacial score (nSPS) is 17.8. The molecule has 0 saturated heterocycles. The Labute approximate surface area is 102 Å². The van der Waals surface area contributed by atoms with Gasteiger partial charge >= 0.3 is 0 Å². The van der Waals surface area contributed by atoms with Crippen molar-refractivity contribution in [2.75, 3.05) is 0 Å². The van der Waals surface area contributed by atoms with Crippen molar-refractivity contribution >= 4 is 0 Å². The van der Waals surface area contributed by atoms with Crippen molar-refractivity contribution in [2.45, 2.75) is 26.2 Å². The second-order valence-corrected chi connectivity index (χ2v) is 4.43. The monoisotopic (exact) mass is 224 g/mol. The van der Waals surface area contributed by atoms with Gasteiger partial charge in [0.15, 0.2) is 0 Å². The molecule has 1 aromatic rings. The van der Waals surface area contributed by atoms with Gasteiger partial charge < -0.3 is 5.73 Å². The van der Waals surface area contributed by atoms with Crippen LogP contribution in [0.4, 0.5) is 0 Å². The van der Waals surface area contributed by atoms with Gasteiger partial charge in [-0.05, 0) is 42.2 Å². The number of allylic oxidation sites excluding steroid dienone is 2. The molecular formula is C15H16N2. The maximum Gasteiger partial charge on any atom is 0.0991 e. The fourth-order valence-electron chi connectivity index (χ4n) is 2.42. The van der Waals surface area contributed by atoms with Crippen LogP contribution in [0.1, 0.15) is 36.5 Å². The summed E-state index contributed by atoms with van der Waals surface area (Å²) in [4.78, 5) is 0. The predicted molar refractivity (Wildman–Crippen MR) is 69.3 cm³/mol. The minimum atomic E-state index is 0.329. The van der Waals surface area contributed by atoms with Crippen molar-refractivity contribution in [1.29, 1.82) is 5.26 Å². The second kappa shape index (κ2) is 4.10. The summed E-state index contributed by atoms with van der Waals surface area (Å²) >= 11 is 0. The van der Waals surface area contributed by atoms with Crippen LogP contribution in [0.25, 0.3) is 0 Å². The molecule has 1 atom stereocenters. The van der Waals surface area contributed by atoms with Gasteiger partial charge in [-0.15, -0.1) is 0 Å². The Morgan fingerprint density at radius 2 is 2.24 bits per heavy atom. The molecule has 2 heteroatoms. The molecule has 1 aliphatic rings. The average Bonchev–Trinajstić information content (AvgIpc) is 3.00. The van der Waals surface area contributed by atoms with Crippen molar-refractivity contribution in [2.24, 2.45) is 5.73 Å². The van der Waals surface area contributed by atoms with Crippen molar-refractivity contribution in [3.8, 4) is 6.07 Å². The van der Waals surface area contributed by atoms with Crippen LogP contribution >= 0.6 is 0 Å². The summed E-state index contributed by atoms with van der Waals surface area (Å²) in [6, 6.07) is 8.06. The van der Waals surface area contributed by atoms with Gasteiger partial charge in [-0.2, -0.15) is 5.26 Å². The standard InChI is InChI=1S/C15H16N2/c1-4-12-7-11(8-16)5-6-13(12)15-9(2)14(15)10(3)17/h5-7,15H,3-4,17H2,1-2H3. The summed E-state index contributed by atoms with van der Waals surface area (Å²) in [5.74, 6) is 0.329. The average molecular weight is 224 g/mol. The lowest BCUT2D eigenvalue weighted by Gasteiger charge is -2.09. The molecule has 2 N–H and O–H groups in total. The Balaban J connectivity index is 2.37. The van der Waals surface area contributed by atoms with Gasteiger partial charge in [0.05, 0.1) is 11.6 Å². The Morgan fingerprint density at radius 1 is 1.53 bits per heavy atom. The lowest BCUT2D eigenvalue weighted by molar-refractivity contribution is 1.03. The second-order valence-electron chi connectivity index (χ2n) is 4.43. The first-order chi connectivity index (χ1) is 8.10. The Kier molecular flexibility index (Phi) is 2.77. The summed E-state index contributed by atoms with van der Waals surface area (Å²) in [6.45, 7) is 8.00. The Hall–Kier alpha value is -2.01. The van der Waals surface area contributed by atoms with E-state index in [-0.39, 0.29) is 0 Å². The van der Waals surface area contributed by atoms with Crippen LogP contribution in [-0.2, 0) is 6.42 Å². The fourth-order valence-corrected chi connectivity index (χ4v) is 2.42. The topological polar surface area (TPSA) is 49.8 Å². The zero-order valence-electron chi connectivity index (χ0n) is 10.2. The predicted octanol–water partition coefficient (Wildman–Crippen LogP) is 3.01. The van der Waals surface area contributed by atoms with E-state index < -0.39 is 0 Å². The minimum Gasteiger partial charge on any atom is -0.399 e. The first-order valence-electron chi connectivity index (χ1n) is 5.78. The number of hydrogen-bond acceptors (Lipinski definition) is 2. The van der Waals surface area contributed by atoms with E-state index in [0.717, 1.165) is 12.0 Å². The van der Waals surface area contributed by atoms with Crippen LogP contribution in [0.5, 0.6) is 0 Å². The highest BCUT2D eigenvalue weighted by Gasteiger charge is 2.36. The molecular weight excluding hydrogens is 208 g/mol. The Morgan fingerprint density at radius 3 is 2.71 bits per heavy atom. The van der Waals surface area contributed by atoms with E-state index in [2.05, 4.69) is 26.5 Å². The highest BCUT2D eigenvalue weighted by molar-refractivity contribution is 5.62. The minimum absolute atomic E-state index is 0.329. The van der Waals surface area contributed by atoms with Gasteiger partial charge in [-0.3, -0.25) is 0 Å². The molecule has 1 unspecified atom stereocenters. The molecule has 0 saturated carbocycles. The van der Waals surface area contributed by atoms with Gasteiger partial charge in [0.1, 0.15) is 0 Å². The molecule has 1 aromatic carbocycles. The third-order valence-electron chi connectivity index (χ3n) is 3.37. The van der Waals surface area contributed by atoms with Crippen LogP contribution < -0.4 is 5.73 Å². The van der Waals surface area contributed by atoms with Crippen LogP contribution in [0.3, 0.4) is 0 Å². The molecule has 0 aliphatic heterocycles. The highest BCUT2D eigenvalue weighted by atomic mass is 14.6. The van der Waals surface area contributed by atoms with E-state index >= 15 is 0 Å². The quantitative estimate of drug-likeness (QED) is 0.858. The molecule has 17 heavy (non-hydrogen) atoms. The number of nitrogens with zero attached hydrogens (tertiary/aromatic N) is 1. The maximum absolute atomic E-state index is 8.90. The van der Waals surface area contributed by atoms with Gasteiger partial charge in [-0.25, -0.2) is 0 Å². The van der Waals surface area contributed by atoms with Crippen LogP contribution in [0.15, 0.2) is 41.6 Å². The third-order valence-corrected chi connectivity index (χ3v) is 3.37. The largest absolute Gasteiger partial charge is 0.399 e. The van der Waals surface area contributed by atoms with E-state index in [9.17, 15) is 0 Å². The summed E-state index contributed by atoms with van der Waals surface area (Å²) in [7, 11) is 0. The lowest BCUT2D eigenvalue weighted by Crippen LogP contribution is -1.98. The molecule has 0 radical (unpaired) electrons. The maximum atomic E-state index is 8.90. The highest BCUT2D eigenvalue weighted by Crippen LogP contribution is 2.50. The zero-order valence-corrected chi connectivity index (χ0v) is 10.2. The van der Waals surface area contributed by atoms with Crippen molar-refractivity contribution in [1.82, 2.24) is 0 Å². The fraction of sp³-hybridized carbons (Fsp3) is 0.267. The number of nitrogens with two attached hydrogens (primary N) is 1. The van der Waals surface area contributed by atoms with E-state index in [4.69, 9.17) is 11.0 Å². The molecule has 0 amide bonds. The van der Waals surface area contributed by atoms with Crippen LogP contribution in [-0.4, -0.2) is 0 Å². The molecule has 0 spiro atoms. The summed E-state index contributed by atoms with van der Waals surface area (Å²) < 4.78 is 0. The van der Waals surface area contributed by atoms with E-state index in [1.807, 2.05) is 18.2 Å². The molecule has 1 aliphatic carbocycles. The Bertz CT molecular complexity index is 559. The molecule has 2 nitrogen and oxygen atoms in total. The lowest BCUT2D eigenvalue weighted by atomic mass is 9.95. The summed E-state index contributed by atoms with van der Waals surface area (Å²) in [6.07, 6.45) is 0.930. The number of nitriles is 1. The molecule has 0 bridgehead atoms. The van der Waals surface area contributed by atoms with E-state index in [1.54, 1.807) is 0 Å². The van der Waals surface area contributed by atoms with Crippen molar-refractivity contribution < 1.29 is 0 Å². The number of hydrogen-bond donors (Lipinski definition) is 1. The number of rotatable bonds is 3. The molecule has 0 fully saturated rings. The zero-order chi connectivity index (χ0) is 12.6. The van der Waals surface area contributed by atoms with Gasteiger partial charge in [0.2, 0.25) is 0 Å². The van der Waals surface area contributed by atoms with E-state index in [1.165, 1.54) is 22.3 Å². The smallest absolute Gasteiger partial charge is 0.0991 e. The summed E-state index contributed by atoms with van der Waals surface area (Å²) in [5.41, 5.74) is 12.1. The van der Waals surface area contributed by atoms with Gasteiger partial charge in [-0.1, -0.05) is 25.1 Å². The molecule has 0 heterocycles. The number of aryl methyl sites for hydroxylation is 1. The van der Waals surface area contributed by atoms with Gasteiger partial charge in [0, 0.05) is 11.6 Å². The van der Waals surface area contributed by atoms with Crippen molar-refractivity contribution in [3.05, 3.63) is 58.3 Å². The third kappa shape index (κ3) is 1.85. The SMILES string of the molecule is C=C(N)C1=C(C)C1c1ccc(C#N)cc1CC.